The predicted octanol–water partition coefficient (Wildman–Crippen LogP) is -0.0832. The highest BCUT2D eigenvalue weighted by atomic mass is 15.2. The first-order valence-corrected chi connectivity index (χ1v) is 6.10. The van der Waals surface area contributed by atoms with E-state index < -0.39 is 0 Å². The smallest absolute Gasteiger partial charge is 0.0833 e. The average molecular weight is 222 g/mol. The molecule has 16 heavy (non-hydrogen) atoms. The van der Waals surface area contributed by atoms with E-state index >= 15 is 0 Å². The van der Waals surface area contributed by atoms with E-state index in [2.05, 4.69) is 34.4 Å². The molecule has 0 radical (unpaired) electrons. The Balaban J connectivity index is 1.89. The molecule has 0 saturated carbocycles. The van der Waals surface area contributed by atoms with Gasteiger partial charge in [0.15, 0.2) is 0 Å². The molecule has 0 amide bonds. The SMILES string of the molecule is C=C(C(=C)C1NCCCN1)C1NCCCN1. The van der Waals surface area contributed by atoms with Crippen LogP contribution in [0.15, 0.2) is 24.3 Å². The van der Waals surface area contributed by atoms with Crippen LogP contribution in [0.25, 0.3) is 0 Å². The van der Waals surface area contributed by atoms with Crippen molar-refractivity contribution < 1.29 is 0 Å². The molecule has 2 rings (SSSR count). The summed E-state index contributed by atoms with van der Waals surface area (Å²) in [6.07, 6.45) is 2.73. The number of hydrogen-bond acceptors (Lipinski definition) is 4. The Hall–Kier alpha value is -0.680. The van der Waals surface area contributed by atoms with E-state index in [1.54, 1.807) is 0 Å². The number of nitrogens with one attached hydrogen (secondary N) is 4. The van der Waals surface area contributed by atoms with Gasteiger partial charge in [-0.2, -0.15) is 0 Å². The van der Waals surface area contributed by atoms with Gasteiger partial charge in [0.1, 0.15) is 0 Å². The normalized spacial score (nSPS) is 24.2. The van der Waals surface area contributed by atoms with Crippen molar-refractivity contribution in [2.75, 3.05) is 26.2 Å². The van der Waals surface area contributed by atoms with E-state index in [9.17, 15) is 0 Å². The molecule has 0 unspecified atom stereocenters. The van der Waals surface area contributed by atoms with Gasteiger partial charge in [-0.05, 0) is 50.2 Å². The van der Waals surface area contributed by atoms with Gasteiger partial charge in [-0.3, -0.25) is 21.3 Å². The molecule has 0 aliphatic carbocycles. The van der Waals surface area contributed by atoms with E-state index in [0.717, 1.165) is 37.3 Å². The summed E-state index contributed by atoms with van der Waals surface area (Å²) in [5.41, 5.74) is 2.12. The summed E-state index contributed by atoms with van der Waals surface area (Å²) in [5, 5.41) is 13.6. The topological polar surface area (TPSA) is 48.1 Å². The first-order valence-electron chi connectivity index (χ1n) is 6.10. The first-order chi connectivity index (χ1) is 7.79. The van der Waals surface area contributed by atoms with Crippen molar-refractivity contribution in [2.24, 2.45) is 0 Å². The van der Waals surface area contributed by atoms with Gasteiger partial charge in [0.05, 0.1) is 12.3 Å². The summed E-state index contributed by atoms with van der Waals surface area (Å²) in [4.78, 5) is 0. The molecule has 4 heteroatoms. The van der Waals surface area contributed by atoms with Crippen molar-refractivity contribution in [2.45, 2.75) is 25.2 Å². The lowest BCUT2D eigenvalue weighted by Crippen LogP contribution is -2.54. The molecule has 90 valence electrons. The maximum atomic E-state index is 4.15. The van der Waals surface area contributed by atoms with Crippen LogP contribution in [0.3, 0.4) is 0 Å². The third-order valence-corrected chi connectivity index (χ3v) is 3.21. The zero-order valence-electron chi connectivity index (χ0n) is 9.81. The van der Waals surface area contributed by atoms with Crippen molar-refractivity contribution in [1.29, 1.82) is 0 Å². The highest BCUT2D eigenvalue weighted by Gasteiger charge is 2.22. The molecule has 2 aliphatic rings. The third kappa shape index (κ3) is 2.71. The Morgan fingerprint density at radius 3 is 1.31 bits per heavy atom. The lowest BCUT2D eigenvalue weighted by molar-refractivity contribution is 0.385. The van der Waals surface area contributed by atoms with E-state index in [0.29, 0.717) is 0 Å². The highest BCUT2D eigenvalue weighted by molar-refractivity contribution is 5.34. The lowest BCUT2D eigenvalue weighted by Gasteiger charge is -2.33. The summed E-state index contributed by atoms with van der Waals surface area (Å²) in [6, 6.07) is 0. The van der Waals surface area contributed by atoms with Gasteiger partial charge < -0.3 is 0 Å². The monoisotopic (exact) mass is 222 g/mol. The highest BCUT2D eigenvalue weighted by Crippen LogP contribution is 2.14. The molecule has 0 aromatic rings. The predicted molar refractivity (Wildman–Crippen MR) is 67.1 cm³/mol. The van der Waals surface area contributed by atoms with Crippen LogP contribution in [0.5, 0.6) is 0 Å². The van der Waals surface area contributed by atoms with Gasteiger partial charge in [0.25, 0.3) is 0 Å². The first kappa shape index (κ1) is 11.8. The molecule has 0 aromatic carbocycles. The molecular formula is C12H22N4. The summed E-state index contributed by atoms with van der Waals surface area (Å²) in [6.45, 7) is 12.5. The molecule has 2 saturated heterocycles. The van der Waals surface area contributed by atoms with Gasteiger partial charge in [-0.1, -0.05) is 13.2 Å². The molecular weight excluding hydrogens is 200 g/mol. The fourth-order valence-corrected chi connectivity index (χ4v) is 2.17. The minimum Gasteiger partial charge on any atom is -0.298 e. The second-order valence-electron chi connectivity index (χ2n) is 4.44. The summed E-state index contributed by atoms with van der Waals surface area (Å²) in [7, 11) is 0. The summed E-state index contributed by atoms with van der Waals surface area (Å²) in [5.74, 6) is 0. The van der Waals surface area contributed by atoms with E-state index in [4.69, 9.17) is 0 Å². The van der Waals surface area contributed by atoms with Crippen LogP contribution in [-0.4, -0.2) is 38.5 Å². The third-order valence-electron chi connectivity index (χ3n) is 3.21. The standard InChI is InChI=1S/C12H22N4/c1-9(11-13-5-3-6-14-11)10(2)12-15-7-4-8-16-12/h11-16H,1-8H2. The van der Waals surface area contributed by atoms with Gasteiger partial charge in [0, 0.05) is 0 Å². The van der Waals surface area contributed by atoms with Crippen LogP contribution in [0.1, 0.15) is 12.8 Å². The Morgan fingerprint density at radius 2 is 1.00 bits per heavy atom. The second kappa shape index (κ2) is 5.59. The fraction of sp³-hybridized carbons (Fsp3) is 0.667. The molecule has 0 spiro atoms. The largest absolute Gasteiger partial charge is 0.298 e. The van der Waals surface area contributed by atoms with E-state index in [1.807, 2.05) is 0 Å². The molecule has 0 aromatic heterocycles. The van der Waals surface area contributed by atoms with Crippen LogP contribution in [0, 0.1) is 0 Å². The van der Waals surface area contributed by atoms with Crippen LogP contribution in [0.2, 0.25) is 0 Å². The van der Waals surface area contributed by atoms with Crippen molar-refractivity contribution >= 4 is 0 Å². The van der Waals surface area contributed by atoms with Crippen LogP contribution in [-0.2, 0) is 0 Å². The Labute approximate surface area is 97.6 Å². The van der Waals surface area contributed by atoms with Gasteiger partial charge >= 0.3 is 0 Å². The molecule has 2 fully saturated rings. The molecule has 4 nitrogen and oxygen atoms in total. The Morgan fingerprint density at radius 1 is 0.688 bits per heavy atom. The molecule has 2 heterocycles. The van der Waals surface area contributed by atoms with Crippen molar-refractivity contribution in [3.05, 3.63) is 24.3 Å². The van der Waals surface area contributed by atoms with Crippen LogP contribution < -0.4 is 21.3 Å². The molecule has 2 aliphatic heterocycles. The summed E-state index contributed by atoms with van der Waals surface area (Å²) < 4.78 is 0. The van der Waals surface area contributed by atoms with Crippen molar-refractivity contribution in [1.82, 2.24) is 21.3 Å². The van der Waals surface area contributed by atoms with Crippen molar-refractivity contribution in [3.63, 3.8) is 0 Å². The Kier molecular flexibility index (Phi) is 4.12. The van der Waals surface area contributed by atoms with E-state index in [-0.39, 0.29) is 12.3 Å². The quantitative estimate of drug-likeness (QED) is 0.504. The second-order valence-corrected chi connectivity index (χ2v) is 4.44. The zero-order valence-corrected chi connectivity index (χ0v) is 9.81. The van der Waals surface area contributed by atoms with Gasteiger partial charge in [-0.15, -0.1) is 0 Å². The fourth-order valence-electron chi connectivity index (χ4n) is 2.17. The molecule has 0 atom stereocenters. The maximum Gasteiger partial charge on any atom is 0.0833 e. The lowest BCUT2D eigenvalue weighted by atomic mass is 10.0. The van der Waals surface area contributed by atoms with Gasteiger partial charge in [0.2, 0.25) is 0 Å². The maximum absolute atomic E-state index is 4.15. The minimum absolute atomic E-state index is 0.187. The number of hydrogen-bond donors (Lipinski definition) is 4. The van der Waals surface area contributed by atoms with Crippen LogP contribution in [0.4, 0.5) is 0 Å². The molecule has 4 N–H and O–H groups in total. The molecule has 0 bridgehead atoms. The zero-order chi connectivity index (χ0) is 11.4. The summed E-state index contributed by atoms with van der Waals surface area (Å²) >= 11 is 0. The van der Waals surface area contributed by atoms with E-state index in [1.165, 1.54) is 12.8 Å². The van der Waals surface area contributed by atoms with Gasteiger partial charge in [-0.25, -0.2) is 0 Å². The minimum atomic E-state index is 0.187. The average Bonchev–Trinajstić information content (AvgIpc) is 2.39. The van der Waals surface area contributed by atoms with Crippen LogP contribution >= 0.6 is 0 Å². The van der Waals surface area contributed by atoms with Crippen molar-refractivity contribution in [3.8, 4) is 0 Å². The number of rotatable bonds is 3. The Bertz CT molecular complexity index is 234.